The molecule has 0 bridgehead atoms. The van der Waals surface area contributed by atoms with Crippen molar-refractivity contribution in [1.29, 1.82) is 0 Å². The largest absolute Gasteiger partial charge is 0.414 e. The van der Waals surface area contributed by atoms with Crippen LogP contribution in [-0.4, -0.2) is 39.2 Å². The topological polar surface area (TPSA) is 44.8 Å². The van der Waals surface area contributed by atoms with Crippen LogP contribution >= 0.6 is 0 Å². The molecule has 0 spiro atoms. The van der Waals surface area contributed by atoms with Crippen LogP contribution in [-0.2, 0) is 18.7 Å². The van der Waals surface area contributed by atoms with Gasteiger partial charge in [0.25, 0.3) is 0 Å². The van der Waals surface area contributed by atoms with Crippen LogP contribution in [0.3, 0.4) is 0 Å². The second-order valence-electron chi connectivity index (χ2n) is 6.85. The standard InChI is InChI=1S/C13H26O4Si/c1-12(2,3)18(6,7)15-9-11-10(8-14)16-13(4,5)17-11/h8,10-11H,9H2,1-7H3/t10-,11-/m1/s1. The molecule has 0 aromatic rings. The predicted octanol–water partition coefficient (Wildman–Crippen LogP) is 2.73. The van der Waals surface area contributed by atoms with Crippen LogP contribution in [0.15, 0.2) is 0 Å². The molecule has 5 heteroatoms. The molecule has 1 fully saturated rings. The van der Waals surface area contributed by atoms with Gasteiger partial charge in [-0.05, 0) is 32.0 Å². The van der Waals surface area contributed by atoms with Gasteiger partial charge in [-0.15, -0.1) is 0 Å². The lowest BCUT2D eigenvalue weighted by molar-refractivity contribution is -0.151. The maximum Gasteiger partial charge on any atom is 0.192 e. The van der Waals surface area contributed by atoms with Gasteiger partial charge in [-0.25, -0.2) is 0 Å². The predicted molar refractivity (Wildman–Crippen MR) is 73.0 cm³/mol. The highest BCUT2D eigenvalue weighted by Gasteiger charge is 2.44. The minimum absolute atomic E-state index is 0.151. The van der Waals surface area contributed by atoms with E-state index in [1.807, 2.05) is 13.8 Å². The summed E-state index contributed by atoms with van der Waals surface area (Å²) in [7, 11) is -1.81. The summed E-state index contributed by atoms with van der Waals surface area (Å²) in [6.07, 6.45) is -0.0228. The Bertz CT molecular complexity index is 307. The molecule has 0 amide bonds. The molecule has 1 heterocycles. The summed E-state index contributed by atoms with van der Waals surface area (Å²) >= 11 is 0. The Morgan fingerprint density at radius 1 is 1.28 bits per heavy atom. The molecule has 18 heavy (non-hydrogen) atoms. The van der Waals surface area contributed by atoms with Crippen molar-refractivity contribution in [1.82, 2.24) is 0 Å². The van der Waals surface area contributed by atoms with Gasteiger partial charge >= 0.3 is 0 Å². The fraction of sp³-hybridized carbons (Fsp3) is 0.923. The van der Waals surface area contributed by atoms with E-state index in [2.05, 4.69) is 33.9 Å². The van der Waals surface area contributed by atoms with Gasteiger partial charge in [0.1, 0.15) is 12.2 Å². The van der Waals surface area contributed by atoms with Gasteiger partial charge < -0.3 is 18.7 Å². The number of rotatable bonds is 4. The van der Waals surface area contributed by atoms with Crippen molar-refractivity contribution in [3.8, 4) is 0 Å². The summed E-state index contributed by atoms with van der Waals surface area (Å²) in [6, 6.07) is 0. The molecule has 106 valence electrons. The summed E-state index contributed by atoms with van der Waals surface area (Å²) in [4.78, 5) is 11.0. The van der Waals surface area contributed by atoms with Gasteiger partial charge in [0.05, 0.1) is 6.61 Å². The number of carbonyl (C=O) groups excluding carboxylic acids is 1. The zero-order chi connectivity index (χ0) is 14.2. The van der Waals surface area contributed by atoms with Crippen molar-refractivity contribution in [3.63, 3.8) is 0 Å². The second kappa shape index (κ2) is 5.04. The fourth-order valence-electron chi connectivity index (χ4n) is 1.61. The third-order valence-electron chi connectivity index (χ3n) is 3.77. The SMILES string of the molecule is CC1(C)O[C@H](C=O)[C@@H](CO[Si](C)(C)C(C)(C)C)O1. The highest BCUT2D eigenvalue weighted by Crippen LogP contribution is 2.37. The van der Waals surface area contributed by atoms with Crippen LogP contribution in [0.4, 0.5) is 0 Å². The molecule has 2 atom stereocenters. The number of aldehydes is 1. The lowest BCUT2D eigenvalue weighted by Crippen LogP contribution is -2.44. The summed E-state index contributed by atoms with van der Waals surface area (Å²) in [5.74, 6) is -0.701. The Labute approximate surface area is 111 Å². The van der Waals surface area contributed by atoms with Gasteiger partial charge in [0, 0.05) is 0 Å². The summed E-state index contributed by atoms with van der Waals surface area (Å²) in [5, 5.41) is 0.151. The lowest BCUT2D eigenvalue weighted by Gasteiger charge is -2.37. The first kappa shape index (κ1) is 15.8. The van der Waals surface area contributed by atoms with Crippen molar-refractivity contribution in [2.24, 2.45) is 0 Å². The average Bonchev–Trinajstić information content (AvgIpc) is 2.48. The Kier molecular flexibility index (Phi) is 4.43. The van der Waals surface area contributed by atoms with E-state index in [0.29, 0.717) is 6.61 Å². The average molecular weight is 274 g/mol. The summed E-state index contributed by atoms with van der Waals surface area (Å²) in [6.45, 7) is 15.0. The van der Waals surface area contributed by atoms with Gasteiger partial charge in [0.15, 0.2) is 20.4 Å². The zero-order valence-electron chi connectivity index (χ0n) is 12.6. The van der Waals surface area contributed by atoms with Gasteiger partial charge in [0.2, 0.25) is 0 Å². The lowest BCUT2D eigenvalue weighted by atomic mass is 10.2. The number of carbonyl (C=O) groups is 1. The Hall–Kier alpha value is -0.233. The third kappa shape index (κ3) is 3.63. The van der Waals surface area contributed by atoms with Crippen LogP contribution in [0, 0.1) is 0 Å². The fourth-order valence-corrected chi connectivity index (χ4v) is 2.63. The summed E-state index contributed by atoms with van der Waals surface area (Å²) < 4.78 is 17.3. The monoisotopic (exact) mass is 274 g/mol. The molecule has 0 saturated carbocycles. The van der Waals surface area contributed by atoms with Crippen molar-refractivity contribution >= 4 is 14.6 Å². The van der Waals surface area contributed by atoms with Gasteiger partial charge in [-0.2, -0.15) is 0 Å². The molecule has 0 aromatic heterocycles. The molecule has 1 aliphatic heterocycles. The van der Waals surface area contributed by atoms with E-state index < -0.39 is 20.2 Å². The van der Waals surface area contributed by atoms with Crippen LogP contribution in [0.1, 0.15) is 34.6 Å². The molecule has 1 aliphatic rings. The van der Waals surface area contributed by atoms with Crippen LogP contribution < -0.4 is 0 Å². The van der Waals surface area contributed by atoms with Gasteiger partial charge in [-0.1, -0.05) is 20.8 Å². The molecule has 0 radical (unpaired) electrons. The van der Waals surface area contributed by atoms with Crippen molar-refractivity contribution < 1.29 is 18.7 Å². The third-order valence-corrected chi connectivity index (χ3v) is 8.27. The van der Waals surface area contributed by atoms with Crippen molar-refractivity contribution in [2.45, 2.75) is 70.7 Å². The Morgan fingerprint density at radius 3 is 2.28 bits per heavy atom. The van der Waals surface area contributed by atoms with E-state index in [9.17, 15) is 4.79 Å². The van der Waals surface area contributed by atoms with Crippen LogP contribution in [0.5, 0.6) is 0 Å². The minimum atomic E-state index is -1.81. The molecular weight excluding hydrogens is 248 g/mol. The second-order valence-corrected chi connectivity index (χ2v) is 11.7. The maximum atomic E-state index is 11.0. The highest BCUT2D eigenvalue weighted by molar-refractivity contribution is 6.74. The smallest absolute Gasteiger partial charge is 0.192 e. The zero-order valence-corrected chi connectivity index (χ0v) is 13.6. The Morgan fingerprint density at radius 2 is 1.83 bits per heavy atom. The van der Waals surface area contributed by atoms with Gasteiger partial charge in [-0.3, -0.25) is 0 Å². The molecular formula is C13H26O4Si. The molecule has 0 N–H and O–H groups in total. The van der Waals surface area contributed by atoms with Crippen molar-refractivity contribution in [2.75, 3.05) is 6.61 Å². The molecule has 4 nitrogen and oxygen atoms in total. The number of hydrogen-bond acceptors (Lipinski definition) is 4. The normalized spacial score (nSPS) is 28.4. The summed E-state index contributed by atoms with van der Waals surface area (Å²) in [5.41, 5.74) is 0. The molecule has 0 aliphatic carbocycles. The first-order valence-electron chi connectivity index (χ1n) is 6.43. The minimum Gasteiger partial charge on any atom is -0.414 e. The first-order chi connectivity index (χ1) is 7.98. The molecule has 0 aromatic carbocycles. The maximum absolute atomic E-state index is 11.0. The van der Waals surface area contributed by atoms with E-state index in [-0.39, 0.29) is 11.1 Å². The van der Waals surface area contributed by atoms with Crippen LogP contribution in [0.2, 0.25) is 18.1 Å². The van der Waals surface area contributed by atoms with E-state index in [4.69, 9.17) is 13.9 Å². The highest BCUT2D eigenvalue weighted by atomic mass is 28.4. The van der Waals surface area contributed by atoms with Crippen LogP contribution in [0.25, 0.3) is 0 Å². The van der Waals surface area contributed by atoms with E-state index in [1.165, 1.54) is 0 Å². The van der Waals surface area contributed by atoms with Crippen molar-refractivity contribution in [3.05, 3.63) is 0 Å². The number of ether oxygens (including phenoxy) is 2. The molecule has 1 saturated heterocycles. The first-order valence-corrected chi connectivity index (χ1v) is 9.34. The quantitative estimate of drug-likeness (QED) is 0.584. The van der Waals surface area contributed by atoms with E-state index in [1.54, 1.807) is 0 Å². The molecule has 1 rings (SSSR count). The van der Waals surface area contributed by atoms with E-state index >= 15 is 0 Å². The molecule has 0 unspecified atom stereocenters. The van der Waals surface area contributed by atoms with E-state index in [0.717, 1.165) is 6.29 Å². The Balaban J connectivity index is 2.61. The number of hydrogen-bond donors (Lipinski definition) is 0.